The molecule has 0 radical (unpaired) electrons. The predicted molar refractivity (Wildman–Crippen MR) is 280 cm³/mol. The summed E-state index contributed by atoms with van der Waals surface area (Å²) in [4.78, 5) is 53.4. The fourth-order valence-corrected chi connectivity index (χ4v) is 10.2. The number of hydrogen-bond acceptors (Lipinski definition) is 11. The Balaban J connectivity index is 1.27. The van der Waals surface area contributed by atoms with E-state index < -0.39 is 54.0 Å². The number of hydrogen-bond donors (Lipinski definition) is 9. The molecule has 2 aliphatic rings. The number of benzene rings is 7. The summed E-state index contributed by atoms with van der Waals surface area (Å²) >= 11 is 0. The van der Waals surface area contributed by atoms with Crippen molar-refractivity contribution in [1.29, 1.82) is 0 Å². The van der Waals surface area contributed by atoms with Crippen LogP contribution < -0.4 is 31.9 Å². The molecule has 0 bridgehead atoms. The molecule has 0 atom stereocenters. The van der Waals surface area contributed by atoms with Gasteiger partial charge in [0.15, 0.2) is 0 Å². The molecule has 0 fully saturated rings. The van der Waals surface area contributed by atoms with Crippen LogP contribution in [-0.4, -0.2) is 60.2 Å². The Morgan fingerprint density at radius 1 is 0.514 bits per heavy atom. The molecule has 0 unspecified atom stereocenters. The Bertz CT molecular complexity index is 3920. The third kappa shape index (κ3) is 10.7. The lowest BCUT2D eigenvalue weighted by atomic mass is 9.93. The van der Waals surface area contributed by atoms with E-state index >= 15 is 0 Å². The maximum absolute atomic E-state index is 13.4. The smallest absolute Gasteiger partial charge is 0.335 e. The SMILES string of the molecule is Cc1cc(C)c(NC(=O)Nc2cc(C(=O)O)cc(C(=O)O)c2)c(C)c1/N=c1/cc2oc3cc(Nc4c(C)cc(C)c(NC(=O)Nc5ccccc5)c4C)ccc3c(-c3ccccc3S(=O)(=O)O)c-2cc1S(=O)(=O)O. The molecule has 74 heavy (non-hydrogen) atoms. The maximum atomic E-state index is 13.4. The van der Waals surface area contributed by atoms with E-state index in [9.17, 15) is 55.3 Å². The highest BCUT2D eigenvalue weighted by molar-refractivity contribution is 7.86. The maximum Gasteiger partial charge on any atom is 0.335 e. The molecule has 6 aromatic carbocycles. The van der Waals surface area contributed by atoms with E-state index in [1.165, 1.54) is 30.3 Å². The van der Waals surface area contributed by atoms with Crippen molar-refractivity contribution < 1.29 is 59.7 Å². The highest BCUT2D eigenvalue weighted by atomic mass is 32.2. The predicted octanol–water partition coefficient (Wildman–Crippen LogP) is 11.2. The van der Waals surface area contributed by atoms with Gasteiger partial charge in [-0.3, -0.25) is 9.11 Å². The molecular formula is C53H46N6O13S2. The summed E-state index contributed by atoms with van der Waals surface area (Å²) in [6.45, 7) is 10.5. The lowest BCUT2D eigenvalue weighted by Crippen LogP contribution is -2.21. The van der Waals surface area contributed by atoms with Gasteiger partial charge in [0.2, 0.25) is 0 Å². The number of rotatable bonds is 12. The summed E-state index contributed by atoms with van der Waals surface area (Å²) in [5.41, 5.74) is 5.64. The number of carbonyl (C=O) groups excluding carboxylic acids is 2. The van der Waals surface area contributed by atoms with Crippen molar-refractivity contribution in [3.8, 4) is 22.5 Å². The van der Waals surface area contributed by atoms with Crippen LogP contribution in [0, 0.1) is 41.5 Å². The molecule has 0 spiro atoms. The molecule has 19 nitrogen and oxygen atoms in total. The fourth-order valence-electron chi connectivity index (χ4n) is 8.86. The summed E-state index contributed by atoms with van der Waals surface area (Å²) in [7, 11) is -10.0. The quantitative estimate of drug-likeness (QED) is 0.0406. The zero-order valence-corrected chi connectivity index (χ0v) is 41.8. The molecule has 0 saturated heterocycles. The Kier molecular flexibility index (Phi) is 13.9. The lowest BCUT2D eigenvalue weighted by molar-refractivity contribution is 0.0696. The standard InChI is InChI=1S/C53H46N6O13S2/c1-26-18-28(3)48(58-52(64)55-34-12-8-7-9-13-34)30(5)46(26)54-35-16-17-37-41(23-35)72-42-25-40(44(74(69,70)71)24-39(42)45(37)38-14-10-11-15-43(38)73(66,67)68)57-47-27(2)19-29(4)49(31(47)6)59-53(65)56-36-21-32(50(60)61)20-33(22-36)51(62)63/h7-25,54H,1-6H3,(H,60,61)(H,62,63)(H2,55,58,64)(H2,56,59,65)(H,66,67,68)(H,69,70,71)/b57-40-. The van der Waals surface area contributed by atoms with Crippen molar-refractivity contribution in [3.63, 3.8) is 0 Å². The number of carboxylic acids is 2. The molecule has 0 aromatic heterocycles. The molecule has 8 rings (SSSR count). The van der Waals surface area contributed by atoms with Crippen molar-refractivity contribution in [2.24, 2.45) is 4.99 Å². The first-order chi connectivity index (χ1) is 34.9. The number of carboxylic acid groups (broad SMARTS) is 2. The monoisotopic (exact) mass is 1040 g/mol. The molecule has 1 aliphatic heterocycles. The summed E-state index contributed by atoms with van der Waals surface area (Å²) in [6.07, 6.45) is 0. The van der Waals surface area contributed by atoms with Crippen molar-refractivity contribution in [2.45, 2.75) is 51.3 Å². The summed E-state index contributed by atoms with van der Waals surface area (Å²) in [5.74, 6) is -2.89. The number of nitrogens with one attached hydrogen (secondary N) is 5. The van der Waals surface area contributed by atoms with Crippen LogP contribution in [0.3, 0.4) is 0 Å². The Hall–Kier alpha value is -8.89. The molecule has 0 saturated carbocycles. The number of aromatic carboxylic acids is 2. The average molecular weight is 1040 g/mol. The topological polar surface area (TPSA) is 303 Å². The molecule has 1 heterocycles. The highest BCUT2D eigenvalue weighted by Crippen LogP contribution is 2.44. The van der Waals surface area contributed by atoms with E-state index in [-0.39, 0.29) is 67.0 Å². The van der Waals surface area contributed by atoms with E-state index in [4.69, 9.17) is 9.41 Å². The van der Waals surface area contributed by atoms with Crippen LogP contribution >= 0.6 is 0 Å². The van der Waals surface area contributed by atoms with Gasteiger partial charge < -0.3 is 41.2 Å². The van der Waals surface area contributed by atoms with Gasteiger partial charge in [0.05, 0.1) is 33.5 Å². The Labute approximate surface area is 423 Å². The largest absolute Gasteiger partial charge is 0.478 e. The molecular weight excluding hydrogens is 993 g/mol. The van der Waals surface area contributed by atoms with Crippen LogP contribution in [0.15, 0.2) is 134 Å². The Morgan fingerprint density at radius 3 is 1.68 bits per heavy atom. The van der Waals surface area contributed by atoms with Gasteiger partial charge in [-0.2, -0.15) is 16.8 Å². The van der Waals surface area contributed by atoms with Crippen molar-refractivity contribution in [1.82, 2.24) is 0 Å². The van der Waals surface area contributed by atoms with E-state index in [0.29, 0.717) is 45.0 Å². The fraction of sp³-hybridized carbons (Fsp3) is 0.113. The van der Waals surface area contributed by atoms with Crippen LogP contribution in [-0.2, 0) is 20.2 Å². The first-order valence-corrected chi connectivity index (χ1v) is 25.2. The van der Waals surface area contributed by atoms with Crippen LogP contribution in [0.4, 0.5) is 49.4 Å². The number of aryl methyl sites for hydroxylation is 4. The number of urea groups is 2. The first kappa shape index (κ1) is 51.5. The Morgan fingerprint density at radius 2 is 1.07 bits per heavy atom. The second kappa shape index (κ2) is 20.0. The number of carbonyl (C=O) groups is 4. The van der Waals surface area contributed by atoms with Crippen molar-refractivity contribution in [3.05, 3.63) is 165 Å². The van der Waals surface area contributed by atoms with Crippen molar-refractivity contribution in [2.75, 3.05) is 26.6 Å². The summed E-state index contributed by atoms with van der Waals surface area (Å²) in [6, 6.07) is 27.0. The molecule has 9 N–H and O–H groups in total. The molecule has 4 amide bonds. The van der Waals surface area contributed by atoms with E-state index in [0.717, 1.165) is 35.4 Å². The van der Waals surface area contributed by atoms with E-state index in [1.807, 2.05) is 32.9 Å². The van der Waals surface area contributed by atoms with Gasteiger partial charge in [0.1, 0.15) is 21.1 Å². The third-order valence-corrected chi connectivity index (χ3v) is 13.9. The number of anilines is 6. The summed E-state index contributed by atoms with van der Waals surface area (Å²) < 4.78 is 80.4. The number of amides is 4. The normalized spacial score (nSPS) is 11.9. The second-order valence-corrected chi connectivity index (χ2v) is 20.1. The highest BCUT2D eigenvalue weighted by Gasteiger charge is 2.28. The third-order valence-electron chi connectivity index (χ3n) is 12.1. The minimum Gasteiger partial charge on any atom is -0.478 e. The number of nitrogens with zero attached hydrogens (tertiary/aromatic N) is 1. The van der Waals surface area contributed by atoms with Crippen molar-refractivity contribution >= 4 is 95.0 Å². The lowest BCUT2D eigenvalue weighted by Gasteiger charge is -2.21. The zero-order valence-electron chi connectivity index (χ0n) is 40.2. The number of para-hydroxylation sites is 1. The van der Waals surface area contributed by atoms with Gasteiger partial charge in [-0.1, -0.05) is 48.5 Å². The van der Waals surface area contributed by atoms with Crippen LogP contribution in [0.2, 0.25) is 0 Å². The molecule has 378 valence electrons. The van der Waals surface area contributed by atoms with Crippen LogP contribution in [0.5, 0.6) is 0 Å². The van der Waals surface area contributed by atoms with Gasteiger partial charge in [0, 0.05) is 57.0 Å². The molecule has 21 heteroatoms. The minimum atomic E-state index is -5.14. The van der Waals surface area contributed by atoms with Gasteiger partial charge in [-0.25, -0.2) is 24.2 Å². The van der Waals surface area contributed by atoms with E-state index in [1.54, 1.807) is 69.3 Å². The van der Waals surface area contributed by atoms with Crippen LogP contribution in [0.1, 0.15) is 54.1 Å². The van der Waals surface area contributed by atoms with Gasteiger partial charge in [-0.15, -0.1) is 0 Å². The first-order valence-electron chi connectivity index (χ1n) is 22.3. The average Bonchev–Trinajstić information content (AvgIpc) is 3.32. The van der Waals surface area contributed by atoms with Gasteiger partial charge >= 0.3 is 24.0 Å². The van der Waals surface area contributed by atoms with E-state index in [2.05, 4.69) is 26.6 Å². The zero-order chi connectivity index (χ0) is 53.6. The van der Waals surface area contributed by atoms with Gasteiger partial charge in [-0.05, 0) is 130 Å². The van der Waals surface area contributed by atoms with Gasteiger partial charge in [0.25, 0.3) is 20.2 Å². The van der Waals surface area contributed by atoms with Crippen LogP contribution in [0.25, 0.3) is 33.4 Å². The number of fused-ring (bicyclic) bond motifs is 2. The molecule has 6 aromatic rings. The minimum absolute atomic E-state index is 0.00463. The second-order valence-electron chi connectivity index (χ2n) is 17.4. The molecule has 1 aliphatic carbocycles. The summed E-state index contributed by atoms with van der Waals surface area (Å²) in [5, 5.41) is 33.3.